The van der Waals surface area contributed by atoms with E-state index in [0.29, 0.717) is 24.8 Å². The highest BCUT2D eigenvalue weighted by atomic mass is 32.2. The highest BCUT2D eigenvalue weighted by molar-refractivity contribution is 7.89. The summed E-state index contributed by atoms with van der Waals surface area (Å²) in [6, 6.07) is 3.20. The summed E-state index contributed by atoms with van der Waals surface area (Å²) in [5.74, 6) is 1.15. The minimum Gasteiger partial charge on any atom is -0.447 e. The van der Waals surface area contributed by atoms with Crippen molar-refractivity contribution in [3.8, 4) is 0 Å². The highest BCUT2D eigenvalue weighted by Crippen LogP contribution is 2.32. The van der Waals surface area contributed by atoms with E-state index in [9.17, 15) is 8.42 Å². The van der Waals surface area contributed by atoms with Crippen LogP contribution in [0.5, 0.6) is 0 Å². The molecule has 1 fully saturated rings. The molecule has 2 rings (SSSR count). The van der Waals surface area contributed by atoms with Gasteiger partial charge in [0.05, 0.1) is 6.54 Å². The SMILES string of the molecule is CNCc1ccc(S(=O)(=O)N(CC2CC2)C(C)C)o1. The van der Waals surface area contributed by atoms with E-state index < -0.39 is 10.0 Å². The first-order chi connectivity index (χ1) is 8.95. The van der Waals surface area contributed by atoms with E-state index in [1.165, 1.54) is 0 Å². The number of nitrogens with zero attached hydrogens (tertiary/aromatic N) is 1. The predicted molar refractivity (Wildman–Crippen MR) is 73.2 cm³/mol. The Hall–Kier alpha value is -0.850. The number of rotatable bonds is 7. The Balaban J connectivity index is 2.21. The Bertz CT molecular complexity index is 518. The third-order valence-corrected chi connectivity index (χ3v) is 5.18. The normalized spacial score (nSPS) is 16.5. The number of nitrogens with one attached hydrogen (secondary N) is 1. The number of hydrogen-bond acceptors (Lipinski definition) is 4. The van der Waals surface area contributed by atoms with E-state index in [1.807, 2.05) is 13.8 Å². The van der Waals surface area contributed by atoms with Gasteiger partial charge in [0.15, 0.2) is 0 Å². The van der Waals surface area contributed by atoms with Crippen molar-refractivity contribution in [3.63, 3.8) is 0 Å². The summed E-state index contributed by atoms with van der Waals surface area (Å²) in [6.07, 6.45) is 2.25. The van der Waals surface area contributed by atoms with E-state index >= 15 is 0 Å². The Morgan fingerprint density at radius 3 is 2.63 bits per heavy atom. The average Bonchev–Trinajstić information content (AvgIpc) is 3.03. The van der Waals surface area contributed by atoms with Gasteiger partial charge in [0.1, 0.15) is 5.76 Å². The van der Waals surface area contributed by atoms with Crippen molar-refractivity contribution in [1.82, 2.24) is 9.62 Å². The van der Waals surface area contributed by atoms with Gasteiger partial charge in [0.2, 0.25) is 5.09 Å². The second kappa shape index (κ2) is 5.64. The third kappa shape index (κ3) is 3.38. The molecule has 0 spiro atoms. The largest absolute Gasteiger partial charge is 0.447 e. The first kappa shape index (κ1) is 14.6. The van der Waals surface area contributed by atoms with E-state index in [2.05, 4.69) is 5.32 Å². The van der Waals surface area contributed by atoms with Gasteiger partial charge in [-0.2, -0.15) is 4.31 Å². The van der Waals surface area contributed by atoms with Crippen molar-refractivity contribution >= 4 is 10.0 Å². The first-order valence-electron chi connectivity index (χ1n) is 6.70. The molecule has 0 aromatic carbocycles. The quantitative estimate of drug-likeness (QED) is 0.830. The molecule has 19 heavy (non-hydrogen) atoms. The molecule has 1 N–H and O–H groups in total. The maximum atomic E-state index is 12.6. The van der Waals surface area contributed by atoms with Crippen LogP contribution in [-0.4, -0.2) is 32.4 Å². The smallest absolute Gasteiger partial charge is 0.276 e. The predicted octanol–water partition coefficient (Wildman–Crippen LogP) is 1.81. The fraction of sp³-hybridized carbons (Fsp3) is 0.692. The van der Waals surface area contributed by atoms with Crippen LogP contribution in [-0.2, 0) is 16.6 Å². The van der Waals surface area contributed by atoms with Crippen LogP contribution in [0.1, 0.15) is 32.4 Å². The van der Waals surface area contributed by atoms with Gasteiger partial charge in [-0.25, -0.2) is 8.42 Å². The molecular weight excluding hydrogens is 264 g/mol. The van der Waals surface area contributed by atoms with Crippen LogP contribution in [0.2, 0.25) is 0 Å². The Morgan fingerprint density at radius 2 is 2.11 bits per heavy atom. The van der Waals surface area contributed by atoms with Crippen molar-refractivity contribution in [2.75, 3.05) is 13.6 Å². The second-order valence-corrected chi connectivity index (χ2v) is 7.18. The Morgan fingerprint density at radius 1 is 1.42 bits per heavy atom. The van der Waals surface area contributed by atoms with Gasteiger partial charge in [-0.15, -0.1) is 0 Å². The van der Waals surface area contributed by atoms with Crippen LogP contribution < -0.4 is 5.32 Å². The van der Waals surface area contributed by atoms with Crippen LogP contribution in [0.4, 0.5) is 0 Å². The number of sulfonamides is 1. The molecular formula is C13H22N2O3S. The summed E-state index contributed by atoms with van der Waals surface area (Å²) >= 11 is 0. The summed E-state index contributed by atoms with van der Waals surface area (Å²) in [4.78, 5) is 0. The molecule has 108 valence electrons. The highest BCUT2D eigenvalue weighted by Gasteiger charge is 2.35. The fourth-order valence-electron chi connectivity index (χ4n) is 2.02. The molecule has 1 aromatic rings. The minimum absolute atomic E-state index is 0.0482. The van der Waals surface area contributed by atoms with Crippen molar-refractivity contribution in [2.24, 2.45) is 5.92 Å². The zero-order valence-electron chi connectivity index (χ0n) is 11.7. The third-order valence-electron chi connectivity index (χ3n) is 3.26. The van der Waals surface area contributed by atoms with Gasteiger partial charge < -0.3 is 9.73 Å². The van der Waals surface area contributed by atoms with Gasteiger partial charge in [0.25, 0.3) is 10.0 Å². The average molecular weight is 286 g/mol. The van der Waals surface area contributed by atoms with Gasteiger partial charge in [0, 0.05) is 12.6 Å². The zero-order valence-corrected chi connectivity index (χ0v) is 12.5. The Labute approximate surface area is 115 Å². The van der Waals surface area contributed by atoms with Crippen molar-refractivity contribution < 1.29 is 12.8 Å². The van der Waals surface area contributed by atoms with Gasteiger partial charge in [-0.3, -0.25) is 0 Å². The lowest BCUT2D eigenvalue weighted by Crippen LogP contribution is -2.38. The lowest BCUT2D eigenvalue weighted by atomic mass is 10.3. The van der Waals surface area contributed by atoms with Gasteiger partial charge in [-0.1, -0.05) is 0 Å². The molecule has 0 bridgehead atoms. The van der Waals surface area contributed by atoms with Crippen LogP contribution in [0.25, 0.3) is 0 Å². The molecule has 0 saturated heterocycles. The van der Waals surface area contributed by atoms with Crippen molar-refractivity contribution in [1.29, 1.82) is 0 Å². The summed E-state index contributed by atoms with van der Waals surface area (Å²) in [6.45, 7) is 4.93. The lowest BCUT2D eigenvalue weighted by molar-refractivity contribution is 0.321. The molecule has 5 nitrogen and oxygen atoms in total. The lowest BCUT2D eigenvalue weighted by Gasteiger charge is -2.24. The molecule has 1 aliphatic carbocycles. The summed E-state index contributed by atoms with van der Waals surface area (Å²) < 4.78 is 32.1. The molecule has 6 heteroatoms. The maximum absolute atomic E-state index is 12.6. The molecule has 0 atom stereocenters. The minimum atomic E-state index is -3.51. The fourth-order valence-corrected chi connectivity index (χ4v) is 3.67. The zero-order chi connectivity index (χ0) is 14.0. The number of hydrogen-bond donors (Lipinski definition) is 1. The molecule has 1 aliphatic rings. The Kier molecular flexibility index (Phi) is 4.32. The molecule has 0 radical (unpaired) electrons. The molecule has 1 aromatic heterocycles. The second-order valence-electron chi connectivity index (χ2n) is 5.36. The van der Waals surface area contributed by atoms with Gasteiger partial charge in [-0.05, 0) is 51.8 Å². The van der Waals surface area contributed by atoms with Gasteiger partial charge >= 0.3 is 0 Å². The van der Waals surface area contributed by atoms with E-state index in [4.69, 9.17) is 4.42 Å². The topological polar surface area (TPSA) is 62.6 Å². The van der Waals surface area contributed by atoms with Crippen LogP contribution in [0.15, 0.2) is 21.6 Å². The maximum Gasteiger partial charge on any atom is 0.276 e. The van der Waals surface area contributed by atoms with Crippen molar-refractivity contribution in [3.05, 3.63) is 17.9 Å². The summed E-state index contributed by atoms with van der Waals surface area (Å²) in [7, 11) is -1.72. The molecule has 0 amide bonds. The van der Waals surface area contributed by atoms with E-state index in [0.717, 1.165) is 12.8 Å². The van der Waals surface area contributed by atoms with Crippen LogP contribution >= 0.6 is 0 Å². The van der Waals surface area contributed by atoms with Crippen LogP contribution in [0, 0.1) is 5.92 Å². The standard InChI is InChI=1S/C13H22N2O3S/c1-10(2)15(9-11-4-5-11)19(16,17)13-7-6-12(18-13)8-14-3/h6-7,10-11,14H,4-5,8-9H2,1-3H3. The first-order valence-corrected chi connectivity index (χ1v) is 8.14. The molecule has 0 aliphatic heterocycles. The number of furan rings is 1. The monoisotopic (exact) mass is 286 g/mol. The molecule has 1 saturated carbocycles. The molecule has 1 heterocycles. The van der Waals surface area contributed by atoms with E-state index in [-0.39, 0.29) is 11.1 Å². The van der Waals surface area contributed by atoms with E-state index in [1.54, 1.807) is 23.5 Å². The summed E-state index contributed by atoms with van der Waals surface area (Å²) in [5, 5.41) is 2.99. The van der Waals surface area contributed by atoms with Crippen LogP contribution in [0.3, 0.4) is 0 Å². The summed E-state index contributed by atoms with van der Waals surface area (Å²) in [5.41, 5.74) is 0. The van der Waals surface area contributed by atoms with Crippen molar-refractivity contribution in [2.45, 2.75) is 44.4 Å². The molecule has 0 unspecified atom stereocenters.